The Morgan fingerprint density at radius 3 is 2.47 bits per heavy atom. The number of hydrogen-bond acceptors (Lipinski definition) is 4. The van der Waals surface area contributed by atoms with Crippen molar-refractivity contribution in [3.63, 3.8) is 0 Å². The number of hydrogen-bond donors (Lipinski definition) is 1. The van der Waals surface area contributed by atoms with Crippen LogP contribution in [0.5, 0.6) is 5.75 Å². The number of carbonyl (C=O) groups excluding carboxylic acids is 1. The molecule has 0 atom stereocenters. The normalized spacial score (nSPS) is 10.5. The standard InChI is InChI=1S/C13H19NO3/c1-9(2)12-7-11(14-16-8-15)5-6-13(12)17-10(3)4/h5-10,14H,1-4H3. The van der Waals surface area contributed by atoms with Crippen LogP contribution in [0.2, 0.25) is 0 Å². The van der Waals surface area contributed by atoms with Gasteiger partial charge in [-0.25, -0.2) is 5.48 Å². The molecule has 4 heteroatoms. The van der Waals surface area contributed by atoms with Gasteiger partial charge in [-0.2, -0.15) is 0 Å². The topological polar surface area (TPSA) is 47.6 Å². The van der Waals surface area contributed by atoms with Crippen LogP contribution in [-0.2, 0) is 9.63 Å². The fraction of sp³-hybridized carbons (Fsp3) is 0.462. The number of rotatable bonds is 6. The van der Waals surface area contributed by atoms with E-state index < -0.39 is 0 Å². The molecule has 0 aromatic heterocycles. The van der Waals surface area contributed by atoms with Gasteiger partial charge in [0.05, 0.1) is 11.8 Å². The highest BCUT2D eigenvalue weighted by Gasteiger charge is 2.10. The maximum absolute atomic E-state index is 10.1. The lowest BCUT2D eigenvalue weighted by molar-refractivity contribution is -0.126. The zero-order valence-corrected chi connectivity index (χ0v) is 10.7. The van der Waals surface area contributed by atoms with E-state index in [0.717, 1.165) is 17.0 Å². The largest absolute Gasteiger partial charge is 0.491 e. The van der Waals surface area contributed by atoms with E-state index in [2.05, 4.69) is 24.2 Å². The summed E-state index contributed by atoms with van der Waals surface area (Å²) in [6.45, 7) is 8.52. The monoisotopic (exact) mass is 237 g/mol. The highest BCUT2D eigenvalue weighted by atomic mass is 16.7. The number of ether oxygens (including phenoxy) is 1. The molecule has 0 heterocycles. The van der Waals surface area contributed by atoms with Crippen LogP contribution >= 0.6 is 0 Å². The van der Waals surface area contributed by atoms with Gasteiger partial charge in [0.15, 0.2) is 0 Å². The second-order valence-corrected chi connectivity index (χ2v) is 4.39. The molecule has 4 nitrogen and oxygen atoms in total. The molecule has 0 saturated heterocycles. The van der Waals surface area contributed by atoms with Gasteiger partial charge >= 0.3 is 6.47 Å². The Labute approximate surface area is 102 Å². The maximum Gasteiger partial charge on any atom is 0.320 e. The predicted octanol–water partition coefficient (Wildman–Crippen LogP) is 3.10. The van der Waals surface area contributed by atoms with Gasteiger partial charge in [0.2, 0.25) is 0 Å². The van der Waals surface area contributed by atoms with E-state index in [-0.39, 0.29) is 6.10 Å². The third-order valence-corrected chi connectivity index (χ3v) is 2.22. The molecule has 0 fully saturated rings. The number of carbonyl (C=O) groups is 1. The Hall–Kier alpha value is -1.71. The third kappa shape index (κ3) is 3.98. The molecule has 1 aromatic rings. The smallest absolute Gasteiger partial charge is 0.320 e. The first kappa shape index (κ1) is 13.4. The van der Waals surface area contributed by atoms with Crippen LogP contribution in [-0.4, -0.2) is 12.6 Å². The zero-order valence-electron chi connectivity index (χ0n) is 10.7. The first-order valence-electron chi connectivity index (χ1n) is 5.70. The van der Waals surface area contributed by atoms with E-state index in [1.165, 1.54) is 0 Å². The minimum atomic E-state index is 0.137. The summed E-state index contributed by atoms with van der Waals surface area (Å²) in [6, 6.07) is 5.62. The fourth-order valence-corrected chi connectivity index (χ4v) is 1.52. The van der Waals surface area contributed by atoms with Crippen molar-refractivity contribution in [1.82, 2.24) is 0 Å². The number of benzene rings is 1. The van der Waals surface area contributed by atoms with Gasteiger partial charge in [-0.15, -0.1) is 0 Å². The highest BCUT2D eigenvalue weighted by molar-refractivity contribution is 5.52. The predicted molar refractivity (Wildman–Crippen MR) is 67.1 cm³/mol. The summed E-state index contributed by atoms with van der Waals surface area (Å²) in [5.41, 5.74) is 4.36. The van der Waals surface area contributed by atoms with E-state index >= 15 is 0 Å². The molecular formula is C13H19NO3. The molecule has 1 N–H and O–H groups in total. The summed E-state index contributed by atoms with van der Waals surface area (Å²) in [4.78, 5) is 14.6. The van der Waals surface area contributed by atoms with Crippen LogP contribution < -0.4 is 10.2 Å². The first-order chi connectivity index (χ1) is 8.04. The summed E-state index contributed by atoms with van der Waals surface area (Å²) in [6.07, 6.45) is 0.137. The van der Waals surface area contributed by atoms with Crippen molar-refractivity contribution in [2.45, 2.75) is 39.7 Å². The van der Waals surface area contributed by atoms with Crippen LogP contribution in [0, 0.1) is 0 Å². The minimum absolute atomic E-state index is 0.137. The zero-order chi connectivity index (χ0) is 12.8. The average Bonchev–Trinajstić information content (AvgIpc) is 2.26. The van der Waals surface area contributed by atoms with Crippen molar-refractivity contribution < 1.29 is 14.4 Å². The summed E-state index contributed by atoms with van der Waals surface area (Å²) in [7, 11) is 0. The molecule has 0 aliphatic rings. The lowest BCUT2D eigenvalue weighted by Crippen LogP contribution is -2.08. The SMILES string of the molecule is CC(C)Oc1ccc(NOC=O)cc1C(C)C. The van der Waals surface area contributed by atoms with Gasteiger partial charge in [0.25, 0.3) is 0 Å². The number of nitrogens with one attached hydrogen (secondary N) is 1. The van der Waals surface area contributed by atoms with E-state index in [1.807, 2.05) is 32.0 Å². The van der Waals surface area contributed by atoms with Crippen molar-refractivity contribution in [2.75, 3.05) is 5.48 Å². The molecule has 0 unspecified atom stereocenters. The van der Waals surface area contributed by atoms with Gasteiger partial charge in [-0.1, -0.05) is 13.8 Å². The molecule has 94 valence electrons. The molecular weight excluding hydrogens is 218 g/mol. The van der Waals surface area contributed by atoms with Gasteiger partial charge in [0, 0.05) is 0 Å². The van der Waals surface area contributed by atoms with E-state index in [0.29, 0.717) is 12.4 Å². The summed E-state index contributed by atoms with van der Waals surface area (Å²) < 4.78 is 5.73. The molecule has 0 bridgehead atoms. The molecule has 0 radical (unpaired) electrons. The maximum atomic E-state index is 10.1. The van der Waals surface area contributed by atoms with Gasteiger partial charge in [-0.3, -0.25) is 4.79 Å². The Morgan fingerprint density at radius 1 is 1.24 bits per heavy atom. The molecule has 1 rings (SSSR count). The van der Waals surface area contributed by atoms with E-state index in [9.17, 15) is 4.79 Å². The van der Waals surface area contributed by atoms with E-state index in [1.54, 1.807) is 0 Å². The molecule has 0 aliphatic heterocycles. The molecule has 1 aromatic carbocycles. The Morgan fingerprint density at radius 2 is 1.94 bits per heavy atom. The van der Waals surface area contributed by atoms with Crippen molar-refractivity contribution in [3.8, 4) is 5.75 Å². The van der Waals surface area contributed by atoms with Crippen molar-refractivity contribution in [2.24, 2.45) is 0 Å². The van der Waals surface area contributed by atoms with Gasteiger partial charge in [-0.05, 0) is 43.5 Å². The Bertz CT molecular complexity index is 375. The molecule has 17 heavy (non-hydrogen) atoms. The van der Waals surface area contributed by atoms with Gasteiger partial charge < -0.3 is 9.57 Å². The lowest BCUT2D eigenvalue weighted by atomic mass is 10.0. The lowest BCUT2D eigenvalue weighted by Gasteiger charge is -2.17. The summed E-state index contributed by atoms with van der Waals surface area (Å²) in [5.74, 6) is 1.20. The van der Waals surface area contributed by atoms with Crippen LogP contribution in [0.4, 0.5) is 5.69 Å². The third-order valence-electron chi connectivity index (χ3n) is 2.22. The first-order valence-corrected chi connectivity index (χ1v) is 5.70. The summed E-state index contributed by atoms with van der Waals surface area (Å²) >= 11 is 0. The van der Waals surface area contributed by atoms with Crippen LogP contribution in [0.15, 0.2) is 18.2 Å². The summed E-state index contributed by atoms with van der Waals surface area (Å²) in [5, 5.41) is 0. The Balaban J connectivity index is 2.95. The van der Waals surface area contributed by atoms with Crippen molar-refractivity contribution in [1.29, 1.82) is 0 Å². The van der Waals surface area contributed by atoms with E-state index in [4.69, 9.17) is 4.74 Å². The van der Waals surface area contributed by atoms with Crippen molar-refractivity contribution in [3.05, 3.63) is 23.8 Å². The van der Waals surface area contributed by atoms with Crippen LogP contribution in [0.1, 0.15) is 39.2 Å². The minimum Gasteiger partial charge on any atom is -0.491 e. The van der Waals surface area contributed by atoms with Crippen molar-refractivity contribution >= 4 is 12.2 Å². The molecule has 0 aliphatic carbocycles. The van der Waals surface area contributed by atoms with Gasteiger partial charge in [0.1, 0.15) is 5.75 Å². The fourth-order valence-electron chi connectivity index (χ4n) is 1.52. The second-order valence-electron chi connectivity index (χ2n) is 4.39. The van der Waals surface area contributed by atoms with Crippen LogP contribution in [0.25, 0.3) is 0 Å². The van der Waals surface area contributed by atoms with Crippen LogP contribution in [0.3, 0.4) is 0 Å². The Kier molecular flexibility index (Phi) is 4.82. The number of anilines is 1. The molecule has 0 saturated carbocycles. The molecule has 0 amide bonds. The second kappa shape index (κ2) is 6.13. The molecule has 0 spiro atoms. The average molecular weight is 237 g/mol. The highest BCUT2D eigenvalue weighted by Crippen LogP contribution is 2.30. The quantitative estimate of drug-likeness (QED) is 0.610.